The van der Waals surface area contributed by atoms with E-state index in [-0.39, 0.29) is 11.5 Å². The SMILES string of the molecule is CC(C)(C)c1ccccc1C(N)c1sccc1Br. The molecular weight excluding hydrogens is 306 g/mol. The van der Waals surface area contributed by atoms with Gasteiger partial charge in [0, 0.05) is 9.35 Å². The molecule has 1 heterocycles. The molecule has 1 aromatic carbocycles. The lowest BCUT2D eigenvalue weighted by atomic mass is 9.82. The molecule has 2 aromatic rings. The summed E-state index contributed by atoms with van der Waals surface area (Å²) in [5.41, 5.74) is 9.08. The highest BCUT2D eigenvalue weighted by molar-refractivity contribution is 9.10. The first kappa shape index (κ1) is 13.8. The van der Waals surface area contributed by atoms with Gasteiger partial charge in [-0.3, -0.25) is 0 Å². The average molecular weight is 324 g/mol. The summed E-state index contributed by atoms with van der Waals surface area (Å²) >= 11 is 5.27. The van der Waals surface area contributed by atoms with Crippen LogP contribution in [0.5, 0.6) is 0 Å². The van der Waals surface area contributed by atoms with Crippen molar-refractivity contribution in [1.29, 1.82) is 0 Å². The summed E-state index contributed by atoms with van der Waals surface area (Å²) < 4.78 is 1.10. The van der Waals surface area contributed by atoms with Gasteiger partial charge in [-0.25, -0.2) is 0 Å². The minimum absolute atomic E-state index is 0.0604. The third-order valence-electron chi connectivity index (χ3n) is 3.03. The average Bonchev–Trinajstić information content (AvgIpc) is 2.73. The fourth-order valence-electron chi connectivity index (χ4n) is 2.12. The van der Waals surface area contributed by atoms with Crippen LogP contribution in [0.15, 0.2) is 40.2 Å². The Bertz CT molecular complexity index is 539. The number of rotatable bonds is 2. The minimum Gasteiger partial charge on any atom is -0.320 e. The van der Waals surface area contributed by atoms with Crippen molar-refractivity contribution in [3.63, 3.8) is 0 Å². The molecule has 0 aliphatic rings. The molecule has 0 fully saturated rings. The Labute approximate surface area is 121 Å². The van der Waals surface area contributed by atoms with Crippen LogP contribution >= 0.6 is 27.3 Å². The molecule has 0 aliphatic carbocycles. The van der Waals surface area contributed by atoms with Crippen LogP contribution in [-0.2, 0) is 5.41 Å². The quantitative estimate of drug-likeness (QED) is 0.839. The Morgan fingerprint density at radius 2 is 1.83 bits per heavy atom. The monoisotopic (exact) mass is 323 g/mol. The van der Waals surface area contributed by atoms with E-state index in [9.17, 15) is 0 Å². The Morgan fingerprint density at radius 3 is 2.39 bits per heavy atom. The van der Waals surface area contributed by atoms with Gasteiger partial charge in [-0.2, -0.15) is 0 Å². The van der Waals surface area contributed by atoms with E-state index in [0.717, 1.165) is 4.47 Å². The van der Waals surface area contributed by atoms with Crippen LogP contribution in [0.25, 0.3) is 0 Å². The molecule has 18 heavy (non-hydrogen) atoms. The first-order valence-corrected chi connectivity index (χ1v) is 7.66. The molecule has 1 nitrogen and oxygen atoms in total. The number of hydrogen-bond donors (Lipinski definition) is 1. The Kier molecular flexibility index (Phi) is 3.95. The molecule has 2 rings (SSSR count). The Morgan fingerprint density at radius 1 is 1.17 bits per heavy atom. The van der Waals surface area contributed by atoms with Crippen molar-refractivity contribution < 1.29 is 0 Å². The van der Waals surface area contributed by atoms with E-state index in [2.05, 4.69) is 72.4 Å². The summed E-state index contributed by atoms with van der Waals surface area (Å²) in [4.78, 5) is 1.19. The summed E-state index contributed by atoms with van der Waals surface area (Å²) in [7, 11) is 0. The van der Waals surface area contributed by atoms with Gasteiger partial charge in [-0.05, 0) is 43.9 Å². The molecule has 0 aliphatic heterocycles. The van der Waals surface area contributed by atoms with Gasteiger partial charge in [0.25, 0.3) is 0 Å². The van der Waals surface area contributed by atoms with E-state index in [4.69, 9.17) is 5.73 Å². The second kappa shape index (κ2) is 5.16. The van der Waals surface area contributed by atoms with Crippen LogP contribution in [0.1, 0.15) is 42.8 Å². The molecule has 2 N–H and O–H groups in total. The summed E-state index contributed by atoms with van der Waals surface area (Å²) in [5.74, 6) is 0. The largest absolute Gasteiger partial charge is 0.320 e. The van der Waals surface area contributed by atoms with Gasteiger partial charge in [0.1, 0.15) is 0 Å². The van der Waals surface area contributed by atoms with E-state index in [1.807, 2.05) is 0 Å². The van der Waals surface area contributed by atoms with Crippen LogP contribution in [0.2, 0.25) is 0 Å². The van der Waals surface area contributed by atoms with Gasteiger partial charge < -0.3 is 5.73 Å². The highest BCUT2D eigenvalue weighted by atomic mass is 79.9. The van der Waals surface area contributed by atoms with Crippen molar-refractivity contribution in [2.45, 2.75) is 32.2 Å². The summed E-state index contributed by atoms with van der Waals surface area (Å²) in [5, 5.41) is 2.07. The van der Waals surface area contributed by atoms with Crippen molar-refractivity contribution >= 4 is 27.3 Å². The molecule has 0 bridgehead atoms. The topological polar surface area (TPSA) is 26.0 Å². The number of benzene rings is 1. The lowest BCUT2D eigenvalue weighted by Crippen LogP contribution is -2.20. The van der Waals surface area contributed by atoms with Crippen molar-refractivity contribution in [3.05, 3.63) is 56.2 Å². The first-order chi connectivity index (χ1) is 8.41. The van der Waals surface area contributed by atoms with Crippen molar-refractivity contribution in [2.75, 3.05) is 0 Å². The number of nitrogens with two attached hydrogens (primary N) is 1. The molecule has 0 amide bonds. The van der Waals surface area contributed by atoms with Gasteiger partial charge in [0.15, 0.2) is 0 Å². The van der Waals surface area contributed by atoms with E-state index in [1.165, 1.54) is 16.0 Å². The zero-order valence-electron chi connectivity index (χ0n) is 10.9. The lowest BCUT2D eigenvalue weighted by molar-refractivity contribution is 0.578. The van der Waals surface area contributed by atoms with Crippen LogP contribution < -0.4 is 5.73 Å². The summed E-state index contributed by atoms with van der Waals surface area (Å²) in [6, 6.07) is 10.5. The zero-order chi connectivity index (χ0) is 13.3. The van der Waals surface area contributed by atoms with Gasteiger partial charge in [-0.1, -0.05) is 45.0 Å². The normalized spacial score (nSPS) is 13.6. The highest BCUT2D eigenvalue weighted by Crippen LogP contribution is 2.36. The molecule has 3 heteroatoms. The smallest absolute Gasteiger partial charge is 0.0660 e. The van der Waals surface area contributed by atoms with Crippen molar-refractivity contribution in [1.82, 2.24) is 0 Å². The number of halogens is 1. The molecule has 1 atom stereocenters. The predicted molar refractivity (Wildman–Crippen MR) is 83.2 cm³/mol. The molecular formula is C15H18BrNS. The molecule has 1 unspecified atom stereocenters. The Balaban J connectivity index is 2.49. The van der Waals surface area contributed by atoms with Gasteiger partial charge in [0.05, 0.1) is 6.04 Å². The van der Waals surface area contributed by atoms with Crippen LogP contribution in [0.3, 0.4) is 0 Å². The second-order valence-corrected chi connectivity index (χ2v) is 7.25. The highest BCUT2D eigenvalue weighted by Gasteiger charge is 2.22. The maximum atomic E-state index is 6.44. The maximum Gasteiger partial charge on any atom is 0.0660 e. The van der Waals surface area contributed by atoms with Crippen LogP contribution in [-0.4, -0.2) is 0 Å². The second-order valence-electron chi connectivity index (χ2n) is 5.45. The molecule has 0 saturated carbocycles. The molecule has 0 saturated heterocycles. The van der Waals surface area contributed by atoms with Crippen molar-refractivity contribution in [2.24, 2.45) is 5.73 Å². The maximum absolute atomic E-state index is 6.44. The number of hydrogen-bond acceptors (Lipinski definition) is 2. The standard InChI is InChI=1S/C15H18BrNS/c1-15(2,3)11-7-5-4-6-10(11)13(17)14-12(16)8-9-18-14/h4-9,13H,17H2,1-3H3. The molecule has 96 valence electrons. The fraction of sp³-hybridized carbons (Fsp3) is 0.333. The van der Waals surface area contributed by atoms with Gasteiger partial charge >= 0.3 is 0 Å². The number of thiophene rings is 1. The molecule has 1 aromatic heterocycles. The van der Waals surface area contributed by atoms with E-state index in [1.54, 1.807) is 11.3 Å². The Hall–Kier alpha value is -0.640. The van der Waals surface area contributed by atoms with Crippen LogP contribution in [0.4, 0.5) is 0 Å². The molecule has 0 radical (unpaired) electrons. The van der Waals surface area contributed by atoms with Crippen LogP contribution in [0, 0.1) is 0 Å². The summed E-state index contributed by atoms with van der Waals surface area (Å²) in [6.45, 7) is 6.67. The molecule has 0 spiro atoms. The van der Waals surface area contributed by atoms with E-state index < -0.39 is 0 Å². The third-order valence-corrected chi connectivity index (χ3v) is 4.98. The van der Waals surface area contributed by atoms with E-state index in [0.29, 0.717) is 0 Å². The minimum atomic E-state index is -0.0604. The predicted octanol–water partition coefficient (Wildman–Crippen LogP) is 4.86. The van der Waals surface area contributed by atoms with Crippen molar-refractivity contribution in [3.8, 4) is 0 Å². The van der Waals surface area contributed by atoms with E-state index >= 15 is 0 Å². The lowest BCUT2D eigenvalue weighted by Gasteiger charge is -2.25. The van der Waals surface area contributed by atoms with Gasteiger partial charge in [-0.15, -0.1) is 11.3 Å². The summed E-state index contributed by atoms with van der Waals surface area (Å²) in [6.07, 6.45) is 0. The third kappa shape index (κ3) is 2.68. The first-order valence-electron chi connectivity index (χ1n) is 5.99. The van der Waals surface area contributed by atoms with Gasteiger partial charge in [0.2, 0.25) is 0 Å². The zero-order valence-corrected chi connectivity index (χ0v) is 13.3. The fourth-order valence-corrected chi connectivity index (χ4v) is 3.76.